The van der Waals surface area contributed by atoms with Gasteiger partial charge < -0.3 is 10.0 Å². The van der Waals surface area contributed by atoms with Gasteiger partial charge in [0.1, 0.15) is 5.82 Å². The van der Waals surface area contributed by atoms with E-state index < -0.39 is 6.10 Å². The fourth-order valence-electron chi connectivity index (χ4n) is 2.35. The van der Waals surface area contributed by atoms with Crippen LogP contribution in [0.2, 0.25) is 0 Å². The molecule has 0 aromatic carbocycles. The van der Waals surface area contributed by atoms with E-state index in [9.17, 15) is 9.50 Å². The zero-order valence-corrected chi connectivity index (χ0v) is 12.9. The number of pyridine rings is 1. The molecule has 0 spiro atoms. The van der Waals surface area contributed by atoms with Gasteiger partial charge in [-0.05, 0) is 46.1 Å². The molecular formula is C15H26FN3O. The van der Waals surface area contributed by atoms with Crippen LogP contribution in [0.4, 0.5) is 4.39 Å². The second kappa shape index (κ2) is 8.29. The lowest BCUT2D eigenvalue weighted by Gasteiger charge is -2.30. The first-order valence-corrected chi connectivity index (χ1v) is 7.12. The van der Waals surface area contributed by atoms with Crippen LogP contribution in [0, 0.1) is 5.82 Å². The molecule has 1 aromatic rings. The van der Waals surface area contributed by atoms with Crippen LogP contribution in [0.1, 0.15) is 32.1 Å². The van der Waals surface area contributed by atoms with Crippen LogP contribution < -0.4 is 0 Å². The van der Waals surface area contributed by atoms with Crippen LogP contribution in [0.5, 0.6) is 0 Å². The van der Waals surface area contributed by atoms with Gasteiger partial charge in [0, 0.05) is 19.1 Å². The van der Waals surface area contributed by atoms with Crippen LogP contribution >= 0.6 is 0 Å². The molecule has 0 saturated heterocycles. The molecule has 1 rings (SSSR count). The minimum Gasteiger partial charge on any atom is -0.387 e. The Morgan fingerprint density at radius 1 is 1.35 bits per heavy atom. The molecule has 114 valence electrons. The van der Waals surface area contributed by atoms with E-state index in [-0.39, 0.29) is 5.82 Å². The minimum atomic E-state index is -0.642. The lowest BCUT2D eigenvalue weighted by Crippen LogP contribution is -2.40. The average Bonchev–Trinajstić information content (AvgIpc) is 2.39. The molecule has 0 aliphatic carbocycles. The van der Waals surface area contributed by atoms with Gasteiger partial charge in [-0.3, -0.25) is 9.88 Å². The fraction of sp³-hybridized carbons (Fsp3) is 0.667. The van der Waals surface area contributed by atoms with Crippen molar-refractivity contribution in [2.75, 3.05) is 33.7 Å². The van der Waals surface area contributed by atoms with Gasteiger partial charge in [0.2, 0.25) is 0 Å². The van der Waals surface area contributed by atoms with E-state index >= 15 is 0 Å². The second-order valence-electron chi connectivity index (χ2n) is 5.45. The lowest BCUT2D eigenvalue weighted by molar-refractivity contribution is 0.118. The summed E-state index contributed by atoms with van der Waals surface area (Å²) in [6.45, 7) is 7.03. The van der Waals surface area contributed by atoms with Crippen LogP contribution in [0.25, 0.3) is 0 Å². The van der Waals surface area contributed by atoms with E-state index in [4.69, 9.17) is 0 Å². The topological polar surface area (TPSA) is 39.6 Å². The van der Waals surface area contributed by atoms with E-state index in [1.165, 1.54) is 6.07 Å². The molecule has 0 radical (unpaired) electrons. The van der Waals surface area contributed by atoms with Crippen molar-refractivity contribution in [2.24, 2.45) is 0 Å². The van der Waals surface area contributed by atoms with E-state index in [1.54, 1.807) is 6.07 Å². The van der Waals surface area contributed by atoms with Crippen molar-refractivity contribution in [3.63, 3.8) is 0 Å². The van der Waals surface area contributed by atoms with E-state index in [0.29, 0.717) is 18.2 Å². The molecule has 0 amide bonds. The summed E-state index contributed by atoms with van der Waals surface area (Å²) >= 11 is 0. The predicted octanol–water partition coefficient (Wildman–Crippen LogP) is 1.92. The molecule has 20 heavy (non-hydrogen) atoms. The number of halogens is 1. The molecule has 0 aliphatic rings. The Hall–Kier alpha value is -1.04. The van der Waals surface area contributed by atoms with Gasteiger partial charge in [0.05, 0.1) is 18.0 Å². The Balaban J connectivity index is 2.49. The monoisotopic (exact) mass is 283 g/mol. The summed E-state index contributed by atoms with van der Waals surface area (Å²) in [6.07, 6.45) is 1.10. The average molecular weight is 283 g/mol. The molecule has 0 aliphatic heterocycles. The van der Waals surface area contributed by atoms with Gasteiger partial charge in [-0.2, -0.15) is 0 Å². The Morgan fingerprint density at radius 2 is 2.05 bits per heavy atom. The number of aromatic nitrogens is 1. The zero-order chi connectivity index (χ0) is 15.1. The number of hydrogen-bond acceptors (Lipinski definition) is 4. The van der Waals surface area contributed by atoms with Crippen LogP contribution in [-0.4, -0.2) is 59.7 Å². The van der Waals surface area contributed by atoms with Gasteiger partial charge in [-0.1, -0.05) is 6.92 Å². The summed E-state index contributed by atoms with van der Waals surface area (Å²) in [5.41, 5.74) is 0.530. The number of rotatable bonds is 8. The lowest BCUT2D eigenvalue weighted by atomic mass is 10.1. The Kier molecular flexibility index (Phi) is 7.05. The van der Waals surface area contributed by atoms with E-state index in [2.05, 4.69) is 42.7 Å². The molecule has 0 saturated carbocycles. The summed E-state index contributed by atoms with van der Waals surface area (Å²) in [6, 6.07) is 3.31. The zero-order valence-electron chi connectivity index (χ0n) is 12.9. The maximum atomic E-state index is 12.8. The molecule has 2 atom stereocenters. The summed E-state index contributed by atoms with van der Waals surface area (Å²) in [5, 5.41) is 10.1. The molecule has 5 heteroatoms. The van der Waals surface area contributed by atoms with Crippen LogP contribution in [0.15, 0.2) is 18.3 Å². The van der Waals surface area contributed by atoms with Gasteiger partial charge in [0.15, 0.2) is 0 Å². The molecule has 4 nitrogen and oxygen atoms in total. The van der Waals surface area contributed by atoms with Crippen molar-refractivity contribution in [3.8, 4) is 0 Å². The number of aliphatic hydroxyl groups is 1. The van der Waals surface area contributed by atoms with E-state index in [0.717, 1.165) is 25.8 Å². The highest BCUT2D eigenvalue weighted by molar-refractivity contribution is 5.07. The number of hydrogen-bond donors (Lipinski definition) is 1. The summed E-state index contributed by atoms with van der Waals surface area (Å²) in [7, 11) is 4.11. The third-order valence-electron chi connectivity index (χ3n) is 3.44. The fourth-order valence-corrected chi connectivity index (χ4v) is 2.35. The maximum Gasteiger partial charge on any atom is 0.141 e. The number of aliphatic hydroxyl groups excluding tert-OH is 1. The van der Waals surface area contributed by atoms with Crippen molar-refractivity contribution < 1.29 is 9.50 Å². The van der Waals surface area contributed by atoms with Crippen LogP contribution in [0.3, 0.4) is 0 Å². The van der Waals surface area contributed by atoms with Gasteiger partial charge >= 0.3 is 0 Å². The highest BCUT2D eigenvalue weighted by Gasteiger charge is 2.16. The maximum absolute atomic E-state index is 12.8. The smallest absolute Gasteiger partial charge is 0.141 e. The van der Waals surface area contributed by atoms with Crippen molar-refractivity contribution in [3.05, 3.63) is 29.8 Å². The highest BCUT2D eigenvalue weighted by atomic mass is 19.1. The van der Waals surface area contributed by atoms with Crippen molar-refractivity contribution >= 4 is 0 Å². The summed E-state index contributed by atoms with van der Waals surface area (Å²) in [5.74, 6) is -0.379. The quantitative estimate of drug-likeness (QED) is 0.791. The SMILES string of the molecule is CCN(CCC(O)c1ccc(F)cn1)C(C)CN(C)C. The Morgan fingerprint density at radius 3 is 2.55 bits per heavy atom. The van der Waals surface area contributed by atoms with Gasteiger partial charge in [0.25, 0.3) is 0 Å². The Labute approximate surface area is 121 Å². The molecule has 0 fully saturated rings. The van der Waals surface area contributed by atoms with Crippen molar-refractivity contribution in [1.29, 1.82) is 0 Å². The molecule has 0 bridgehead atoms. The van der Waals surface area contributed by atoms with E-state index in [1.807, 2.05) is 0 Å². The largest absolute Gasteiger partial charge is 0.387 e. The first-order chi connectivity index (χ1) is 9.43. The molecular weight excluding hydrogens is 257 g/mol. The molecule has 2 unspecified atom stereocenters. The van der Waals surface area contributed by atoms with Gasteiger partial charge in [-0.15, -0.1) is 0 Å². The summed E-state index contributed by atoms with van der Waals surface area (Å²) < 4.78 is 12.8. The Bertz CT molecular complexity index is 383. The molecule has 1 heterocycles. The normalized spacial score (nSPS) is 14.8. The van der Waals surface area contributed by atoms with Crippen LogP contribution in [-0.2, 0) is 0 Å². The first-order valence-electron chi connectivity index (χ1n) is 7.12. The third kappa shape index (κ3) is 5.53. The molecule has 1 N–H and O–H groups in total. The summed E-state index contributed by atoms with van der Waals surface area (Å²) in [4.78, 5) is 8.41. The van der Waals surface area contributed by atoms with Crippen molar-refractivity contribution in [2.45, 2.75) is 32.4 Å². The first kappa shape index (κ1) is 17.0. The van der Waals surface area contributed by atoms with Crippen molar-refractivity contribution in [1.82, 2.24) is 14.8 Å². The number of likely N-dealkylation sites (N-methyl/N-ethyl adjacent to an activating group) is 2. The standard InChI is InChI=1S/C15H26FN3O/c1-5-19(12(2)11-18(3)4)9-8-15(20)14-7-6-13(16)10-17-14/h6-7,10,12,15,20H,5,8-9,11H2,1-4H3. The minimum absolute atomic E-state index is 0.379. The van der Waals surface area contributed by atoms with Gasteiger partial charge in [-0.25, -0.2) is 4.39 Å². The highest BCUT2D eigenvalue weighted by Crippen LogP contribution is 2.15. The number of nitrogens with zero attached hydrogens (tertiary/aromatic N) is 3. The predicted molar refractivity (Wildman–Crippen MR) is 79.0 cm³/mol. The second-order valence-corrected chi connectivity index (χ2v) is 5.45. The molecule has 1 aromatic heterocycles. The third-order valence-corrected chi connectivity index (χ3v) is 3.44.